The number of piperazine rings is 1. The molecule has 2 heterocycles. The summed E-state index contributed by atoms with van der Waals surface area (Å²) in [6.07, 6.45) is 2.42. The van der Waals surface area contributed by atoms with Gasteiger partial charge >= 0.3 is 0 Å². The van der Waals surface area contributed by atoms with E-state index in [1.54, 1.807) is 11.3 Å². The summed E-state index contributed by atoms with van der Waals surface area (Å²) in [6, 6.07) is 0. The van der Waals surface area contributed by atoms with Crippen molar-refractivity contribution < 1.29 is 4.79 Å². The third-order valence-corrected chi connectivity index (χ3v) is 3.83. The number of amides is 1. The quantitative estimate of drug-likeness (QED) is 0.876. The largest absolute Gasteiger partial charge is 0.340 e. The van der Waals surface area contributed by atoms with E-state index >= 15 is 0 Å². The number of carbonyl (C=O) groups excluding carboxylic acids is 1. The Balaban J connectivity index is 0.00000180. The highest BCUT2D eigenvalue weighted by Gasteiger charge is 2.16. The minimum Gasteiger partial charge on any atom is -0.340 e. The van der Waals surface area contributed by atoms with Crippen molar-refractivity contribution in [3.8, 4) is 0 Å². The molecule has 1 aromatic heterocycles. The van der Waals surface area contributed by atoms with Crippen LogP contribution in [0.3, 0.4) is 0 Å². The summed E-state index contributed by atoms with van der Waals surface area (Å²) < 4.78 is 0. The summed E-state index contributed by atoms with van der Waals surface area (Å²) >= 11 is 1.66. The molecule has 0 aromatic carbocycles. The van der Waals surface area contributed by atoms with Crippen LogP contribution >= 0.6 is 36.2 Å². The van der Waals surface area contributed by atoms with Gasteiger partial charge in [-0.25, -0.2) is 4.98 Å². The molecule has 0 atom stereocenters. The molecule has 1 saturated heterocycles. The van der Waals surface area contributed by atoms with E-state index < -0.39 is 0 Å². The standard InChI is InChI=1S/C12H20N4OS.2ClH/c1-15(10-11-14-5-9-18-11)6-2-12(17)16-7-3-13-4-8-16;;/h5,9,13H,2-4,6-8,10H2,1H3;2*1H. The van der Waals surface area contributed by atoms with Crippen LogP contribution in [0, 0.1) is 0 Å². The fourth-order valence-corrected chi connectivity index (χ4v) is 2.70. The smallest absolute Gasteiger partial charge is 0.223 e. The molecule has 2 rings (SSSR count). The molecule has 1 amide bonds. The zero-order valence-corrected chi connectivity index (χ0v) is 14.0. The lowest BCUT2D eigenvalue weighted by molar-refractivity contribution is -0.132. The van der Waals surface area contributed by atoms with Crippen molar-refractivity contribution in [2.45, 2.75) is 13.0 Å². The van der Waals surface area contributed by atoms with Crippen molar-refractivity contribution in [1.29, 1.82) is 0 Å². The molecule has 5 nitrogen and oxygen atoms in total. The second-order valence-corrected chi connectivity index (χ2v) is 5.52. The second kappa shape index (κ2) is 10.3. The summed E-state index contributed by atoms with van der Waals surface area (Å²) in [5.41, 5.74) is 0. The number of aromatic nitrogens is 1. The van der Waals surface area contributed by atoms with Crippen LogP contribution in [-0.2, 0) is 11.3 Å². The molecule has 0 spiro atoms. The third-order valence-electron chi connectivity index (χ3n) is 3.07. The van der Waals surface area contributed by atoms with Crippen LogP contribution in [0.2, 0.25) is 0 Å². The fraction of sp³-hybridized carbons (Fsp3) is 0.667. The Hall–Kier alpha value is -0.400. The van der Waals surface area contributed by atoms with Gasteiger partial charge in [0.2, 0.25) is 5.91 Å². The van der Waals surface area contributed by atoms with Gasteiger partial charge in [-0.3, -0.25) is 9.69 Å². The first-order valence-electron chi connectivity index (χ1n) is 6.31. The Labute approximate surface area is 136 Å². The number of hydrogen-bond donors (Lipinski definition) is 1. The number of thiazole rings is 1. The van der Waals surface area contributed by atoms with Crippen molar-refractivity contribution >= 4 is 42.1 Å². The van der Waals surface area contributed by atoms with Crippen LogP contribution in [0.25, 0.3) is 0 Å². The molecule has 116 valence electrons. The van der Waals surface area contributed by atoms with Gasteiger partial charge in [-0.05, 0) is 7.05 Å². The minimum atomic E-state index is 0. The van der Waals surface area contributed by atoms with Gasteiger partial charge in [0.15, 0.2) is 0 Å². The Morgan fingerprint density at radius 3 is 2.75 bits per heavy atom. The number of rotatable bonds is 5. The predicted molar refractivity (Wildman–Crippen MR) is 87.0 cm³/mol. The SMILES string of the molecule is CN(CCC(=O)N1CCNCC1)Cc1nccs1.Cl.Cl. The Morgan fingerprint density at radius 1 is 1.45 bits per heavy atom. The number of nitrogens with zero attached hydrogens (tertiary/aromatic N) is 3. The van der Waals surface area contributed by atoms with Gasteiger partial charge in [0.1, 0.15) is 5.01 Å². The lowest BCUT2D eigenvalue weighted by Gasteiger charge is -2.28. The summed E-state index contributed by atoms with van der Waals surface area (Å²) in [7, 11) is 2.03. The van der Waals surface area contributed by atoms with Gasteiger partial charge in [-0.2, -0.15) is 0 Å². The molecule has 1 N–H and O–H groups in total. The molecular weight excluding hydrogens is 319 g/mol. The van der Waals surface area contributed by atoms with Crippen molar-refractivity contribution in [3.63, 3.8) is 0 Å². The summed E-state index contributed by atoms with van der Waals surface area (Å²) in [5, 5.41) is 6.34. The Kier molecular flexibility index (Phi) is 10.1. The van der Waals surface area contributed by atoms with E-state index in [1.165, 1.54) is 0 Å². The van der Waals surface area contributed by atoms with E-state index in [0.717, 1.165) is 44.3 Å². The maximum absolute atomic E-state index is 12.0. The average Bonchev–Trinajstić information content (AvgIpc) is 2.90. The number of halogens is 2. The van der Waals surface area contributed by atoms with Gasteiger partial charge < -0.3 is 10.2 Å². The first-order valence-corrected chi connectivity index (χ1v) is 7.19. The summed E-state index contributed by atoms with van der Waals surface area (Å²) in [6.45, 7) is 5.14. The average molecular weight is 341 g/mol. The van der Waals surface area contributed by atoms with Gasteiger partial charge in [0.25, 0.3) is 0 Å². The van der Waals surface area contributed by atoms with Crippen molar-refractivity contribution in [1.82, 2.24) is 20.1 Å². The lowest BCUT2D eigenvalue weighted by Crippen LogP contribution is -2.47. The van der Waals surface area contributed by atoms with E-state index in [-0.39, 0.29) is 30.7 Å². The van der Waals surface area contributed by atoms with Crippen LogP contribution in [0.5, 0.6) is 0 Å². The van der Waals surface area contributed by atoms with Crippen LogP contribution < -0.4 is 5.32 Å². The Bertz CT molecular complexity index is 372. The normalized spacial score (nSPS) is 14.6. The molecule has 20 heavy (non-hydrogen) atoms. The highest BCUT2D eigenvalue weighted by Crippen LogP contribution is 2.07. The first kappa shape index (κ1) is 19.6. The molecule has 0 aliphatic carbocycles. The van der Waals surface area contributed by atoms with Crippen molar-refractivity contribution in [3.05, 3.63) is 16.6 Å². The maximum atomic E-state index is 12.0. The zero-order chi connectivity index (χ0) is 12.8. The molecule has 1 fully saturated rings. The molecule has 0 unspecified atom stereocenters. The second-order valence-electron chi connectivity index (χ2n) is 4.54. The highest BCUT2D eigenvalue weighted by atomic mass is 35.5. The predicted octanol–water partition coefficient (Wildman–Crippen LogP) is 1.24. The van der Waals surface area contributed by atoms with E-state index in [4.69, 9.17) is 0 Å². The van der Waals surface area contributed by atoms with Crippen molar-refractivity contribution in [2.75, 3.05) is 39.8 Å². The molecule has 0 bridgehead atoms. The maximum Gasteiger partial charge on any atom is 0.223 e. The molecule has 8 heteroatoms. The molecule has 1 aliphatic rings. The number of carbonyl (C=O) groups is 1. The highest BCUT2D eigenvalue weighted by molar-refractivity contribution is 7.09. The zero-order valence-electron chi connectivity index (χ0n) is 11.6. The topological polar surface area (TPSA) is 48.5 Å². The van der Waals surface area contributed by atoms with Gasteiger partial charge in [-0.1, -0.05) is 0 Å². The molecule has 1 aromatic rings. The molecule has 0 radical (unpaired) electrons. The van der Waals surface area contributed by atoms with E-state index in [0.29, 0.717) is 6.42 Å². The van der Waals surface area contributed by atoms with E-state index in [1.807, 2.05) is 23.5 Å². The van der Waals surface area contributed by atoms with Crippen molar-refractivity contribution in [2.24, 2.45) is 0 Å². The third kappa shape index (κ3) is 6.37. The van der Waals surface area contributed by atoms with Crippen LogP contribution in [0.4, 0.5) is 0 Å². The van der Waals surface area contributed by atoms with Crippen LogP contribution in [-0.4, -0.2) is 60.5 Å². The van der Waals surface area contributed by atoms with E-state index in [2.05, 4.69) is 15.2 Å². The summed E-state index contributed by atoms with van der Waals surface area (Å²) in [4.78, 5) is 20.3. The van der Waals surface area contributed by atoms with Crippen LogP contribution in [0.1, 0.15) is 11.4 Å². The first-order chi connectivity index (χ1) is 8.75. The van der Waals surface area contributed by atoms with Gasteiger partial charge in [0.05, 0.1) is 6.54 Å². The van der Waals surface area contributed by atoms with Gasteiger partial charge in [0, 0.05) is 50.7 Å². The van der Waals surface area contributed by atoms with Gasteiger partial charge in [-0.15, -0.1) is 36.2 Å². The molecule has 1 aliphatic heterocycles. The number of nitrogens with one attached hydrogen (secondary N) is 1. The fourth-order valence-electron chi connectivity index (χ4n) is 2.00. The summed E-state index contributed by atoms with van der Waals surface area (Å²) in [5.74, 6) is 0.266. The Morgan fingerprint density at radius 2 is 2.15 bits per heavy atom. The van der Waals surface area contributed by atoms with E-state index in [9.17, 15) is 4.79 Å². The number of hydrogen-bond acceptors (Lipinski definition) is 5. The van der Waals surface area contributed by atoms with Crippen LogP contribution in [0.15, 0.2) is 11.6 Å². The monoisotopic (exact) mass is 340 g/mol. The molecular formula is C12H22Cl2N4OS. The lowest BCUT2D eigenvalue weighted by atomic mass is 10.3. The minimum absolute atomic E-state index is 0. The molecule has 0 saturated carbocycles.